The van der Waals surface area contributed by atoms with Gasteiger partial charge in [0, 0.05) is 18.8 Å². The summed E-state index contributed by atoms with van der Waals surface area (Å²) in [5.41, 5.74) is 2.05. The maximum atomic E-state index is 12.2. The van der Waals surface area contributed by atoms with Crippen molar-refractivity contribution >= 4 is 11.7 Å². The van der Waals surface area contributed by atoms with E-state index in [1.54, 1.807) is 0 Å². The third-order valence-electron chi connectivity index (χ3n) is 3.23. The smallest absolute Gasteiger partial charge is 0.321 e. The van der Waals surface area contributed by atoms with E-state index >= 15 is 0 Å². The Balaban J connectivity index is 1.94. The minimum atomic E-state index is 0.0364. The number of anilines is 1. The molecule has 18 heavy (non-hydrogen) atoms. The quantitative estimate of drug-likeness (QED) is 0.845. The predicted molar refractivity (Wildman–Crippen MR) is 74.8 cm³/mol. The first-order chi connectivity index (χ1) is 8.69. The number of carbonyl (C=O) groups excluding carboxylic acids is 1. The molecule has 98 valence electrons. The van der Waals surface area contributed by atoms with Gasteiger partial charge in [-0.1, -0.05) is 19.1 Å². The lowest BCUT2D eigenvalue weighted by Gasteiger charge is -2.22. The molecule has 1 fully saturated rings. The van der Waals surface area contributed by atoms with Crippen LogP contribution >= 0.6 is 0 Å². The zero-order chi connectivity index (χ0) is 13.0. The molecule has 0 heterocycles. The Morgan fingerprint density at radius 3 is 2.83 bits per heavy atom. The van der Waals surface area contributed by atoms with Gasteiger partial charge in [-0.25, -0.2) is 4.79 Å². The Morgan fingerprint density at radius 1 is 1.44 bits per heavy atom. The minimum Gasteiger partial charge on any atom is -0.324 e. The maximum absolute atomic E-state index is 12.2. The fourth-order valence-corrected chi connectivity index (χ4v) is 2.08. The molecular formula is C15H22N2O. The molecule has 0 aromatic heterocycles. The molecule has 1 aliphatic carbocycles. The average molecular weight is 246 g/mol. The maximum Gasteiger partial charge on any atom is 0.321 e. The second-order valence-electron chi connectivity index (χ2n) is 5.19. The van der Waals surface area contributed by atoms with Gasteiger partial charge < -0.3 is 10.2 Å². The summed E-state index contributed by atoms with van der Waals surface area (Å²) in [5, 5.41) is 2.99. The molecule has 1 saturated carbocycles. The Kier molecular flexibility index (Phi) is 4.24. The highest BCUT2D eigenvalue weighted by Gasteiger charge is 2.26. The lowest BCUT2D eigenvalue weighted by atomic mass is 10.2. The van der Waals surface area contributed by atoms with Crippen LogP contribution in [0.5, 0.6) is 0 Å². The molecule has 0 unspecified atom stereocenters. The summed E-state index contributed by atoms with van der Waals surface area (Å²) in [6.07, 6.45) is 3.56. The third kappa shape index (κ3) is 3.76. The van der Waals surface area contributed by atoms with E-state index in [1.165, 1.54) is 12.8 Å². The van der Waals surface area contributed by atoms with Crippen molar-refractivity contribution < 1.29 is 4.79 Å². The second kappa shape index (κ2) is 5.89. The van der Waals surface area contributed by atoms with Crippen molar-refractivity contribution in [1.29, 1.82) is 0 Å². The van der Waals surface area contributed by atoms with E-state index in [4.69, 9.17) is 0 Å². The van der Waals surface area contributed by atoms with Crippen LogP contribution in [-0.4, -0.2) is 24.0 Å². The lowest BCUT2D eigenvalue weighted by molar-refractivity contribution is 0.209. The normalized spacial score (nSPS) is 14.3. The molecule has 1 aromatic rings. The largest absolute Gasteiger partial charge is 0.324 e. The van der Waals surface area contributed by atoms with Crippen molar-refractivity contribution in [1.82, 2.24) is 4.90 Å². The standard InChI is InChI=1S/C15H22N2O/c1-3-9-17(11-13-7-8-13)15(18)16-14-6-4-5-12(2)10-14/h4-6,10,13H,3,7-9,11H2,1-2H3,(H,16,18). The van der Waals surface area contributed by atoms with Crippen LogP contribution in [-0.2, 0) is 0 Å². The summed E-state index contributed by atoms with van der Waals surface area (Å²) in [6.45, 7) is 5.89. The summed E-state index contributed by atoms with van der Waals surface area (Å²) in [6, 6.07) is 7.97. The first-order valence-corrected chi connectivity index (χ1v) is 6.81. The van der Waals surface area contributed by atoms with E-state index in [1.807, 2.05) is 36.1 Å². The Morgan fingerprint density at radius 2 is 2.22 bits per heavy atom. The first-order valence-electron chi connectivity index (χ1n) is 6.81. The first kappa shape index (κ1) is 12.9. The highest BCUT2D eigenvalue weighted by molar-refractivity contribution is 5.89. The van der Waals surface area contributed by atoms with Crippen LogP contribution < -0.4 is 5.32 Å². The molecular weight excluding hydrogens is 224 g/mol. The number of rotatable bonds is 5. The van der Waals surface area contributed by atoms with Crippen molar-refractivity contribution in [3.05, 3.63) is 29.8 Å². The Bertz CT molecular complexity index is 413. The lowest BCUT2D eigenvalue weighted by Crippen LogP contribution is -2.37. The van der Waals surface area contributed by atoms with Crippen LogP contribution in [0.4, 0.5) is 10.5 Å². The summed E-state index contributed by atoms with van der Waals surface area (Å²) in [5.74, 6) is 0.736. The minimum absolute atomic E-state index is 0.0364. The van der Waals surface area contributed by atoms with Crippen molar-refractivity contribution in [2.75, 3.05) is 18.4 Å². The zero-order valence-corrected chi connectivity index (χ0v) is 11.3. The molecule has 1 N–H and O–H groups in total. The average Bonchev–Trinajstić information content (AvgIpc) is 3.12. The molecule has 1 aliphatic rings. The Labute approximate surface area is 109 Å². The predicted octanol–water partition coefficient (Wildman–Crippen LogP) is 3.65. The van der Waals surface area contributed by atoms with Gasteiger partial charge in [-0.3, -0.25) is 0 Å². The molecule has 0 bridgehead atoms. The molecule has 3 nitrogen and oxygen atoms in total. The third-order valence-corrected chi connectivity index (χ3v) is 3.23. The number of urea groups is 1. The zero-order valence-electron chi connectivity index (χ0n) is 11.3. The van der Waals surface area contributed by atoms with Crippen molar-refractivity contribution in [2.24, 2.45) is 5.92 Å². The summed E-state index contributed by atoms with van der Waals surface area (Å²) >= 11 is 0. The van der Waals surface area contributed by atoms with Gasteiger partial charge in [0.25, 0.3) is 0 Å². The molecule has 0 radical (unpaired) electrons. The highest BCUT2D eigenvalue weighted by Crippen LogP contribution is 2.30. The molecule has 0 spiro atoms. The number of aryl methyl sites for hydroxylation is 1. The molecule has 2 rings (SSSR count). The summed E-state index contributed by atoms with van der Waals surface area (Å²) in [4.78, 5) is 14.1. The van der Waals surface area contributed by atoms with Gasteiger partial charge in [0.15, 0.2) is 0 Å². The number of hydrogen-bond acceptors (Lipinski definition) is 1. The van der Waals surface area contributed by atoms with Gasteiger partial charge in [0.05, 0.1) is 0 Å². The van der Waals surface area contributed by atoms with Crippen molar-refractivity contribution in [2.45, 2.75) is 33.1 Å². The van der Waals surface area contributed by atoms with Gasteiger partial charge in [-0.15, -0.1) is 0 Å². The molecule has 1 aromatic carbocycles. The fourth-order valence-electron chi connectivity index (χ4n) is 2.08. The van der Waals surface area contributed by atoms with Crippen LogP contribution in [0.1, 0.15) is 31.7 Å². The monoisotopic (exact) mass is 246 g/mol. The van der Waals surface area contributed by atoms with E-state index in [9.17, 15) is 4.79 Å². The van der Waals surface area contributed by atoms with Crippen LogP contribution in [0.15, 0.2) is 24.3 Å². The number of nitrogens with one attached hydrogen (secondary N) is 1. The molecule has 0 aliphatic heterocycles. The van der Waals surface area contributed by atoms with Crippen LogP contribution in [0, 0.1) is 12.8 Å². The SMILES string of the molecule is CCCN(CC1CC1)C(=O)Nc1cccc(C)c1. The second-order valence-corrected chi connectivity index (χ2v) is 5.19. The van der Waals surface area contributed by atoms with Gasteiger partial charge in [-0.2, -0.15) is 0 Å². The number of carbonyl (C=O) groups is 1. The topological polar surface area (TPSA) is 32.3 Å². The van der Waals surface area contributed by atoms with Crippen LogP contribution in [0.25, 0.3) is 0 Å². The van der Waals surface area contributed by atoms with Crippen LogP contribution in [0.3, 0.4) is 0 Å². The number of nitrogens with zero attached hydrogens (tertiary/aromatic N) is 1. The Hall–Kier alpha value is -1.51. The fraction of sp³-hybridized carbons (Fsp3) is 0.533. The van der Waals surface area contributed by atoms with Gasteiger partial charge in [0.2, 0.25) is 0 Å². The number of amides is 2. The van der Waals surface area contributed by atoms with E-state index in [0.29, 0.717) is 0 Å². The van der Waals surface area contributed by atoms with Gasteiger partial charge in [0.1, 0.15) is 0 Å². The number of hydrogen-bond donors (Lipinski definition) is 1. The van der Waals surface area contributed by atoms with E-state index < -0.39 is 0 Å². The van der Waals surface area contributed by atoms with Gasteiger partial charge in [-0.05, 0) is 49.8 Å². The van der Waals surface area contributed by atoms with Crippen molar-refractivity contribution in [3.8, 4) is 0 Å². The van der Waals surface area contributed by atoms with E-state index in [-0.39, 0.29) is 6.03 Å². The van der Waals surface area contributed by atoms with Crippen molar-refractivity contribution in [3.63, 3.8) is 0 Å². The molecule has 3 heteroatoms. The molecule has 0 saturated heterocycles. The summed E-state index contributed by atoms with van der Waals surface area (Å²) in [7, 11) is 0. The summed E-state index contributed by atoms with van der Waals surface area (Å²) < 4.78 is 0. The van der Waals surface area contributed by atoms with E-state index in [2.05, 4.69) is 12.2 Å². The van der Waals surface area contributed by atoms with Gasteiger partial charge >= 0.3 is 6.03 Å². The highest BCUT2D eigenvalue weighted by atomic mass is 16.2. The number of benzene rings is 1. The van der Waals surface area contributed by atoms with E-state index in [0.717, 1.165) is 36.7 Å². The molecule has 0 atom stereocenters. The van der Waals surface area contributed by atoms with Crippen LogP contribution in [0.2, 0.25) is 0 Å². The molecule has 2 amide bonds.